The smallest absolute Gasteiger partial charge is 0 e. The van der Waals surface area contributed by atoms with Crippen LogP contribution in [0.4, 0.5) is 0 Å². The van der Waals surface area contributed by atoms with E-state index in [0.29, 0.717) is 20.4 Å². The molecule has 2 aromatic heterocycles. The van der Waals surface area contributed by atoms with Crippen molar-refractivity contribution in [3.05, 3.63) is 64.4 Å². The van der Waals surface area contributed by atoms with E-state index in [4.69, 9.17) is 4.74 Å². The van der Waals surface area contributed by atoms with Gasteiger partial charge >= 0.3 is 112 Å². The molecule has 0 aliphatic heterocycles. The van der Waals surface area contributed by atoms with Crippen LogP contribution in [-0.4, -0.2) is 30.4 Å². The number of aliphatic hydroxyl groups is 1. The Labute approximate surface area is 223 Å². The van der Waals surface area contributed by atoms with E-state index in [1.165, 1.54) is 21.3 Å². The van der Waals surface area contributed by atoms with E-state index in [0.717, 1.165) is 24.2 Å². The number of ketones is 1. The summed E-state index contributed by atoms with van der Waals surface area (Å²) in [5.74, 6) is 1.56. The van der Waals surface area contributed by atoms with Crippen LogP contribution >= 0.6 is 0 Å². The molecule has 1 N–H and O–H groups in total. The summed E-state index contributed by atoms with van der Waals surface area (Å²) in [5, 5.41) is 11.1. The largest absolute Gasteiger partial charge is 0 e. The number of aromatic nitrogens is 1. The van der Waals surface area contributed by atoms with Crippen LogP contribution in [0.1, 0.15) is 65.5 Å². The summed E-state index contributed by atoms with van der Waals surface area (Å²) in [5.41, 5.74) is 1.57. The second-order valence-electron chi connectivity index (χ2n) is 9.66. The van der Waals surface area contributed by atoms with E-state index in [2.05, 4.69) is 35.0 Å². The molecule has 0 bridgehead atoms. The molecule has 1 radical (unpaired) electrons. The predicted molar refractivity (Wildman–Crippen MR) is 137 cm³/mol. The van der Waals surface area contributed by atoms with Gasteiger partial charge in [0, 0.05) is 37.0 Å². The van der Waals surface area contributed by atoms with Crippen molar-refractivity contribution < 1.29 is 34.7 Å². The summed E-state index contributed by atoms with van der Waals surface area (Å²) >= 11 is 0.437. The third-order valence-corrected chi connectivity index (χ3v) is 7.87. The molecule has 0 fully saturated rings. The number of hydrogen-bond acceptors (Lipinski definition) is 4. The van der Waals surface area contributed by atoms with Gasteiger partial charge in [-0.3, -0.25) is 4.79 Å². The first kappa shape index (κ1) is 30.3. The number of pyridine rings is 1. The Bertz CT molecular complexity index is 1110. The first-order valence-electron chi connectivity index (χ1n) is 11.3. The van der Waals surface area contributed by atoms with Gasteiger partial charge in [0.2, 0.25) is 0 Å². The number of ether oxygens (including phenoxy) is 1. The van der Waals surface area contributed by atoms with Crippen molar-refractivity contribution in [2.75, 3.05) is 0 Å². The maximum Gasteiger partial charge on any atom is 0 e. The number of allylic oxidation sites excluding steroid dienone is 2. The van der Waals surface area contributed by atoms with Gasteiger partial charge in [0.15, 0.2) is 5.78 Å². The molecule has 34 heavy (non-hydrogen) atoms. The van der Waals surface area contributed by atoms with Crippen molar-refractivity contribution in [3.8, 4) is 11.6 Å². The Balaban J connectivity index is 0.000000338. The number of carbonyl (C=O) groups excluding carboxylic acids is 1. The first-order valence-corrected chi connectivity index (χ1v) is 13.2. The summed E-state index contributed by atoms with van der Waals surface area (Å²) in [6.07, 6.45) is 4.90. The average molecular weight is 706 g/mol. The standard InChI is InChI=1S/C15H12NOSe.C13H24O2.Ir/c1-10-5-11(2)7-13(6-10)17-15-8-12-3-4-18-14(12)9-16-15;1-7-12(3,4)10(14)9-11(15)13(5,6)8-2;/h3-6,8-9H,1-2H3;9,14H,7-8H2,1-6H3;/q-1;;/b;10-9-;. The zero-order chi connectivity index (χ0) is 24.8. The second-order valence-corrected chi connectivity index (χ2v) is 11.6. The van der Waals surface area contributed by atoms with Gasteiger partial charge in [-0.2, -0.15) is 0 Å². The topological polar surface area (TPSA) is 59.4 Å². The second kappa shape index (κ2) is 12.8. The van der Waals surface area contributed by atoms with Crippen molar-refractivity contribution >= 4 is 29.9 Å². The number of benzene rings is 1. The summed E-state index contributed by atoms with van der Waals surface area (Å²) < 4.78 is 7.09. The third-order valence-electron chi connectivity index (χ3n) is 6.05. The first-order chi connectivity index (χ1) is 15.4. The van der Waals surface area contributed by atoms with Crippen LogP contribution in [0, 0.1) is 30.7 Å². The molecule has 0 amide bonds. The monoisotopic (exact) mass is 707 g/mol. The number of nitrogens with zero attached hydrogens (tertiary/aromatic N) is 1. The molecule has 3 rings (SSSR count). The van der Waals surface area contributed by atoms with E-state index < -0.39 is 0 Å². The van der Waals surface area contributed by atoms with E-state index in [1.807, 2.05) is 66.8 Å². The van der Waals surface area contributed by atoms with Crippen molar-refractivity contribution in [1.29, 1.82) is 0 Å². The van der Waals surface area contributed by atoms with E-state index in [9.17, 15) is 9.90 Å². The molecule has 0 unspecified atom stereocenters. The van der Waals surface area contributed by atoms with Crippen molar-refractivity contribution in [2.24, 2.45) is 10.8 Å². The maximum atomic E-state index is 11.8. The van der Waals surface area contributed by atoms with Crippen LogP contribution in [-0.2, 0) is 24.9 Å². The summed E-state index contributed by atoms with van der Waals surface area (Å²) in [6, 6.07) is 11.4. The Morgan fingerprint density at radius 2 is 1.76 bits per heavy atom. The fourth-order valence-corrected chi connectivity index (χ4v) is 4.35. The number of aliphatic hydroxyl groups excluding tert-OH is 1. The van der Waals surface area contributed by atoms with Crippen LogP contribution in [0.2, 0.25) is 0 Å². The minimum atomic E-state index is -0.377. The number of hydrogen-bond donors (Lipinski definition) is 1. The van der Waals surface area contributed by atoms with Crippen LogP contribution in [0.5, 0.6) is 11.6 Å². The molecule has 0 saturated heterocycles. The number of fused-ring (bicyclic) bond motifs is 1. The third kappa shape index (κ3) is 8.50. The van der Waals surface area contributed by atoms with Crippen molar-refractivity contribution in [3.63, 3.8) is 0 Å². The van der Waals surface area contributed by atoms with E-state index >= 15 is 0 Å². The van der Waals surface area contributed by atoms with Gasteiger partial charge in [0.1, 0.15) is 5.76 Å². The molecular weight excluding hydrogens is 669 g/mol. The fraction of sp³-hybridized carbons (Fsp3) is 0.429. The minimum absolute atomic E-state index is 0. The fourth-order valence-electron chi connectivity index (χ4n) is 2.80. The Morgan fingerprint density at radius 3 is 2.35 bits per heavy atom. The number of rotatable bonds is 7. The Morgan fingerprint density at radius 1 is 1.12 bits per heavy atom. The van der Waals surface area contributed by atoms with Gasteiger partial charge in [-0.05, 0) is 12.8 Å². The van der Waals surface area contributed by atoms with Gasteiger partial charge in [0.25, 0.3) is 0 Å². The van der Waals surface area contributed by atoms with Crippen LogP contribution in [0.3, 0.4) is 0 Å². The molecule has 0 atom stereocenters. The van der Waals surface area contributed by atoms with Gasteiger partial charge < -0.3 is 5.11 Å². The maximum absolute atomic E-state index is 11.8. The van der Waals surface area contributed by atoms with Crippen LogP contribution in [0.25, 0.3) is 9.65 Å². The quantitative estimate of drug-likeness (QED) is 0.121. The molecule has 4 nitrogen and oxygen atoms in total. The molecule has 3 aromatic rings. The van der Waals surface area contributed by atoms with Gasteiger partial charge in [-0.25, -0.2) is 0 Å². The Hall–Kier alpha value is -1.71. The molecule has 2 heterocycles. The SMILES string of the molecule is CCC(C)(C)C(=O)/C=C(\O)C(C)(C)CC.Cc1[c-]c(Oc2cc3cc[se]c3cn2)cc(C)c1.[Ir]. The van der Waals surface area contributed by atoms with Crippen molar-refractivity contribution in [1.82, 2.24) is 4.98 Å². The van der Waals surface area contributed by atoms with Crippen LogP contribution in [0.15, 0.2) is 47.2 Å². The van der Waals surface area contributed by atoms with Gasteiger partial charge in [0.05, 0.1) is 0 Å². The summed E-state index contributed by atoms with van der Waals surface area (Å²) in [6.45, 7) is 15.7. The number of aryl methyl sites for hydroxylation is 2. The zero-order valence-electron chi connectivity index (χ0n) is 21.4. The van der Waals surface area contributed by atoms with Gasteiger partial charge in [-0.1, -0.05) is 41.5 Å². The zero-order valence-corrected chi connectivity index (χ0v) is 25.5. The summed E-state index contributed by atoms with van der Waals surface area (Å²) in [4.78, 5) is 18.4. The molecule has 0 spiro atoms. The number of carbonyl (C=O) groups is 1. The van der Waals surface area contributed by atoms with Crippen molar-refractivity contribution in [2.45, 2.75) is 68.2 Å². The molecule has 0 aliphatic carbocycles. The average Bonchev–Trinajstić information content (AvgIpc) is 3.21. The minimum Gasteiger partial charge on any atom is 0 e. The van der Waals surface area contributed by atoms with E-state index in [-0.39, 0.29) is 42.5 Å². The summed E-state index contributed by atoms with van der Waals surface area (Å²) in [7, 11) is 0. The normalized spacial score (nSPS) is 11.9. The molecule has 0 saturated carbocycles. The van der Waals surface area contributed by atoms with Crippen LogP contribution < -0.4 is 4.74 Å². The molecule has 6 heteroatoms. The van der Waals surface area contributed by atoms with Gasteiger partial charge in [-0.15, -0.1) is 0 Å². The predicted octanol–water partition coefficient (Wildman–Crippen LogP) is 7.37. The van der Waals surface area contributed by atoms with E-state index in [1.54, 1.807) is 0 Å². The molecule has 1 aromatic carbocycles. The Kier molecular flexibility index (Phi) is 11.4. The molecular formula is C28H36IrNO3Se-. The molecule has 187 valence electrons. The molecule has 0 aliphatic rings.